The first-order chi connectivity index (χ1) is 9.56. The summed E-state index contributed by atoms with van der Waals surface area (Å²) in [5.41, 5.74) is 7.97. The van der Waals surface area contributed by atoms with Crippen molar-refractivity contribution in [1.82, 2.24) is 9.78 Å². The lowest BCUT2D eigenvalue weighted by atomic mass is 10.0. The Balaban J connectivity index is 2.56. The lowest BCUT2D eigenvalue weighted by molar-refractivity contribution is 0.751. The Hall–Kier alpha value is -1.52. The molecule has 3 N–H and O–H groups in total. The molecular weight excluding hydrogens is 274 g/mol. The molecule has 20 heavy (non-hydrogen) atoms. The number of hydrogen-bond acceptors (Lipinski definition) is 2. The predicted octanol–water partition coefficient (Wildman–Crippen LogP) is 2.83. The van der Waals surface area contributed by atoms with E-state index in [1.165, 1.54) is 4.68 Å². The van der Waals surface area contributed by atoms with Gasteiger partial charge in [-0.25, -0.2) is 4.68 Å². The Morgan fingerprint density at radius 2 is 2.05 bits per heavy atom. The molecule has 1 heterocycles. The maximum atomic E-state index is 12.6. The van der Waals surface area contributed by atoms with Gasteiger partial charge >= 0.3 is 0 Å². The molecule has 0 aliphatic rings. The highest BCUT2D eigenvalue weighted by Gasteiger charge is 2.18. The smallest absolute Gasteiger partial charge is 0.274 e. The van der Waals surface area contributed by atoms with Crippen molar-refractivity contribution in [3.8, 4) is 5.69 Å². The minimum Gasteiger partial charge on any atom is -0.330 e. The zero-order chi connectivity index (χ0) is 14.7. The van der Waals surface area contributed by atoms with E-state index >= 15 is 0 Å². The van der Waals surface area contributed by atoms with Crippen molar-refractivity contribution in [3.05, 3.63) is 50.9 Å². The number of benzene rings is 1. The Kier molecular flexibility index (Phi) is 4.68. The van der Waals surface area contributed by atoms with Crippen LogP contribution in [0.3, 0.4) is 0 Å². The first-order valence-electron chi connectivity index (χ1n) is 6.85. The molecule has 1 aromatic heterocycles. The van der Waals surface area contributed by atoms with Crippen molar-refractivity contribution in [2.24, 2.45) is 5.73 Å². The van der Waals surface area contributed by atoms with Crippen molar-refractivity contribution in [3.63, 3.8) is 0 Å². The maximum Gasteiger partial charge on any atom is 0.274 e. The number of nitrogens with one attached hydrogen (secondary N) is 1. The standard InChI is InChI=1S/C15H20ClN3O/c1-10(2)14-11(6-5-9-17)15(20)19(18-14)13-8-4-3-7-12(13)16/h3-4,7-8,10,18H,5-6,9,17H2,1-2H3. The third-order valence-electron chi connectivity index (χ3n) is 3.32. The molecule has 2 aromatic rings. The number of nitrogens with zero attached hydrogens (tertiary/aromatic N) is 1. The van der Waals surface area contributed by atoms with Gasteiger partial charge in [0.05, 0.1) is 10.7 Å². The number of aromatic amines is 1. The number of para-hydroxylation sites is 1. The third kappa shape index (κ3) is 2.81. The van der Waals surface area contributed by atoms with Crippen molar-refractivity contribution in [2.75, 3.05) is 6.54 Å². The van der Waals surface area contributed by atoms with Crippen LogP contribution < -0.4 is 11.3 Å². The van der Waals surface area contributed by atoms with Crippen molar-refractivity contribution < 1.29 is 0 Å². The molecule has 0 aliphatic carbocycles. The largest absolute Gasteiger partial charge is 0.330 e. The highest BCUT2D eigenvalue weighted by atomic mass is 35.5. The van der Waals surface area contributed by atoms with Crippen LogP contribution in [-0.2, 0) is 6.42 Å². The van der Waals surface area contributed by atoms with Crippen LogP contribution in [0.2, 0.25) is 5.02 Å². The lowest BCUT2D eigenvalue weighted by Gasteiger charge is -2.05. The van der Waals surface area contributed by atoms with E-state index in [1.54, 1.807) is 6.07 Å². The molecule has 0 amide bonds. The fraction of sp³-hybridized carbons (Fsp3) is 0.400. The van der Waals surface area contributed by atoms with Crippen LogP contribution in [0.1, 0.15) is 37.4 Å². The zero-order valence-electron chi connectivity index (χ0n) is 11.8. The van der Waals surface area contributed by atoms with E-state index < -0.39 is 0 Å². The molecule has 0 saturated heterocycles. The number of hydrogen-bond donors (Lipinski definition) is 2. The average molecular weight is 294 g/mol. The van der Waals surface area contributed by atoms with Crippen LogP contribution in [0.25, 0.3) is 5.69 Å². The maximum absolute atomic E-state index is 12.6. The van der Waals surface area contributed by atoms with Crippen LogP contribution >= 0.6 is 11.6 Å². The second-order valence-corrected chi connectivity index (χ2v) is 5.55. The van der Waals surface area contributed by atoms with Crippen molar-refractivity contribution in [1.29, 1.82) is 0 Å². The van der Waals surface area contributed by atoms with E-state index in [9.17, 15) is 4.79 Å². The molecule has 108 valence electrons. The molecule has 0 radical (unpaired) electrons. The molecule has 1 aromatic carbocycles. The van der Waals surface area contributed by atoms with Crippen LogP contribution in [0.5, 0.6) is 0 Å². The molecule has 0 unspecified atom stereocenters. The quantitative estimate of drug-likeness (QED) is 0.890. The Labute approximate surface area is 123 Å². The molecule has 4 nitrogen and oxygen atoms in total. The molecule has 5 heteroatoms. The Morgan fingerprint density at radius 3 is 2.65 bits per heavy atom. The van der Waals surface area contributed by atoms with Crippen LogP contribution in [0.15, 0.2) is 29.1 Å². The summed E-state index contributed by atoms with van der Waals surface area (Å²) in [6.07, 6.45) is 1.49. The average Bonchev–Trinajstić information content (AvgIpc) is 2.74. The van der Waals surface area contributed by atoms with E-state index in [0.717, 1.165) is 17.7 Å². The summed E-state index contributed by atoms with van der Waals surface area (Å²) in [6.45, 7) is 4.70. The molecule has 0 saturated carbocycles. The topological polar surface area (TPSA) is 63.8 Å². The van der Waals surface area contributed by atoms with Gasteiger partial charge in [-0.15, -0.1) is 0 Å². The van der Waals surface area contributed by atoms with Gasteiger partial charge in [0.15, 0.2) is 0 Å². The molecule has 0 spiro atoms. The van der Waals surface area contributed by atoms with E-state index in [4.69, 9.17) is 17.3 Å². The second-order valence-electron chi connectivity index (χ2n) is 5.14. The fourth-order valence-electron chi connectivity index (χ4n) is 2.29. The first kappa shape index (κ1) is 14.9. The van der Waals surface area contributed by atoms with Gasteiger partial charge in [0.2, 0.25) is 0 Å². The fourth-order valence-corrected chi connectivity index (χ4v) is 2.51. The normalized spacial score (nSPS) is 11.2. The third-order valence-corrected chi connectivity index (χ3v) is 3.64. The number of nitrogens with two attached hydrogens (primary N) is 1. The highest BCUT2D eigenvalue weighted by Crippen LogP contribution is 2.21. The van der Waals surface area contributed by atoms with Gasteiger partial charge in [-0.1, -0.05) is 37.6 Å². The minimum atomic E-state index is -0.0322. The zero-order valence-corrected chi connectivity index (χ0v) is 12.6. The minimum absolute atomic E-state index is 0.0322. The summed E-state index contributed by atoms with van der Waals surface area (Å²) in [5.74, 6) is 0.249. The van der Waals surface area contributed by atoms with E-state index in [2.05, 4.69) is 18.9 Å². The van der Waals surface area contributed by atoms with Gasteiger partial charge in [0, 0.05) is 11.3 Å². The van der Waals surface area contributed by atoms with Gasteiger partial charge in [0.1, 0.15) is 0 Å². The van der Waals surface area contributed by atoms with Crippen LogP contribution in [0, 0.1) is 0 Å². The van der Waals surface area contributed by atoms with Crippen LogP contribution in [0.4, 0.5) is 0 Å². The number of aromatic nitrogens is 2. The number of H-pyrrole nitrogens is 1. The van der Waals surface area contributed by atoms with Crippen molar-refractivity contribution >= 4 is 11.6 Å². The summed E-state index contributed by atoms with van der Waals surface area (Å²) < 4.78 is 1.53. The van der Waals surface area contributed by atoms with Gasteiger partial charge in [-0.05, 0) is 37.4 Å². The summed E-state index contributed by atoms with van der Waals surface area (Å²) in [6, 6.07) is 7.32. The SMILES string of the molecule is CC(C)c1[nH]n(-c2ccccc2Cl)c(=O)c1CCCN. The monoisotopic (exact) mass is 293 g/mol. The van der Waals surface area contributed by atoms with Gasteiger partial charge in [-0.3, -0.25) is 9.89 Å². The Bertz CT molecular complexity index is 643. The van der Waals surface area contributed by atoms with Gasteiger partial charge in [-0.2, -0.15) is 0 Å². The highest BCUT2D eigenvalue weighted by molar-refractivity contribution is 6.32. The summed E-state index contributed by atoms with van der Waals surface area (Å²) >= 11 is 6.18. The molecule has 0 aliphatic heterocycles. The van der Waals surface area contributed by atoms with Gasteiger partial charge < -0.3 is 5.73 Å². The van der Waals surface area contributed by atoms with Crippen LogP contribution in [-0.4, -0.2) is 16.3 Å². The van der Waals surface area contributed by atoms with E-state index in [-0.39, 0.29) is 11.5 Å². The molecule has 0 bridgehead atoms. The molecule has 0 fully saturated rings. The molecular formula is C15H20ClN3O. The lowest BCUT2D eigenvalue weighted by Crippen LogP contribution is -2.18. The molecule has 0 atom stereocenters. The number of halogens is 1. The van der Waals surface area contributed by atoms with Crippen molar-refractivity contribution in [2.45, 2.75) is 32.6 Å². The van der Waals surface area contributed by atoms with E-state index in [0.29, 0.717) is 23.7 Å². The number of rotatable bonds is 5. The summed E-state index contributed by atoms with van der Waals surface area (Å²) in [5, 5.41) is 3.75. The second kappa shape index (κ2) is 6.29. The van der Waals surface area contributed by atoms with Gasteiger partial charge in [0.25, 0.3) is 5.56 Å². The predicted molar refractivity (Wildman–Crippen MR) is 82.9 cm³/mol. The summed E-state index contributed by atoms with van der Waals surface area (Å²) in [4.78, 5) is 12.6. The molecule has 2 rings (SSSR count). The Morgan fingerprint density at radius 1 is 1.35 bits per heavy atom. The first-order valence-corrected chi connectivity index (χ1v) is 7.22. The summed E-state index contributed by atoms with van der Waals surface area (Å²) in [7, 11) is 0. The van der Waals surface area contributed by atoms with E-state index in [1.807, 2.05) is 18.2 Å².